The van der Waals surface area contributed by atoms with Crippen LogP contribution in [0.25, 0.3) is 0 Å². The summed E-state index contributed by atoms with van der Waals surface area (Å²) in [4.78, 5) is 8.64. The van der Waals surface area contributed by atoms with Gasteiger partial charge in [0.05, 0.1) is 5.69 Å². The molecule has 1 aromatic heterocycles. The number of anilines is 1. The molecule has 1 rings (SSSR count). The zero-order valence-electron chi connectivity index (χ0n) is 14.6. The molecule has 0 bridgehead atoms. The van der Waals surface area contributed by atoms with Crippen LogP contribution in [-0.2, 0) is 6.54 Å². The summed E-state index contributed by atoms with van der Waals surface area (Å²) < 4.78 is 0. The van der Waals surface area contributed by atoms with E-state index < -0.39 is 0 Å². The van der Waals surface area contributed by atoms with Crippen LogP contribution in [0, 0.1) is 0 Å². The molecule has 0 aromatic carbocycles. The Morgan fingerprint density at radius 2 is 1.90 bits per heavy atom. The predicted octanol–water partition coefficient (Wildman–Crippen LogP) is 4.34. The first kappa shape index (κ1) is 18.8. The second-order valence-electron chi connectivity index (χ2n) is 6.24. The summed E-state index contributed by atoms with van der Waals surface area (Å²) in [5.41, 5.74) is 1.26. The summed E-state index contributed by atoms with van der Waals surface area (Å²) in [5, 5.41) is 4.68. The molecular weight excluding hydrogens is 298 g/mol. The van der Waals surface area contributed by atoms with Crippen LogP contribution in [0.3, 0.4) is 0 Å². The third-order valence-corrected chi connectivity index (χ3v) is 5.44. The summed E-state index contributed by atoms with van der Waals surface area (Å²) in [7, 11) is 2.17. The molecule has 122 valence electrons. The van der Waals surface area contributed by atoms with Crippen molar-refractivity contribution in [3.63, 3.8) is 0 Å². The predicted molar refractivity (Wildman–Crippen MR) is 99.0 cm³/mol. The number of hydrogen-bond donors (Lipinski definition) is 1. The number of hydrogen-bond acceptors (Lipinski definition) is 5. The number of thioether (sulfide) groups is 1. The van der Waals surface area contributed by atoms with Crippen molar-refractivity contribution in [1.82, 2.24) is 10.3 Å². The van der Waals surface area contributed by atoms with E-state index in [-0.39, 0.29) is 0 Å². The fourth-order valence-electron chi connectivity index (χ4n) is 2.05. The Kier molecular flexibility index (Phi) is 8.06. The van der Waals surface area contributed by atoms with Gasteiger partial charge in [0, 0.05) is 30.6 Å². The van der Waals surface area contributed by atoms with Gasteiger partial charge in [0.15, 0.2) is 5.13 Å². The van der Waals surface area contributed by atoms with Crippen LogP contribution in [0.2, 0.25) is 0 Å². The Labute approximate surface area is 138 Å². The highest BCUT2D eigenvalue weighted by atomic mass is 32.2. The molecule has 1 atom stereocenters. The SMILES string of the molecule is CSCCC(C)N(C)c1nc(C(C)C)c(CNC(C)C)s1. The van der Waals surface area contributed by atoms with E-state index in [1.807, 2.05) is 23.1 Å². The lowest BCUT2D eigenvalue weighted by Crippen LogP contribution is -2.29. The number of nitrogens with one attached hydrogen (secondary N) is 1. The van der Waals surface area contributed by atoms with Crippen molar-refractivity contribution in [3.05, 3.63) is 10.6 Å². The third-order valence-electron chi connectivity index (χ3n) is 3.64. The van der Waals surface area contributed by atoms with Gasteiger partial charge in [-0.25, -0.2) is 4.98 Å². The first-order chi connectivity index (χ1) is 9.86. The monoisotopic (exact) mass is 329 g/mol. The molecule has 0 spiro atoms. The van der Waals surface area contributed by atoms with Crippen molar-refractivity contribution in [3.8, 4) is 0 Å². The average molecular weight is 330 g/mol. The summed E-state index contributed by atoms with van der Waals surface area (Å²) in [5.74, 6) is 1.68. The highest BCUT2D eigenvalue weighted by molar-refractivity contribution is 7.98. The number of nitrogens with zero attached hydrogens (tertiary/aromatic N) is 2. The van der Waals surface area contributed by atoms with Crippen LogP contribution in [0.4, 0.5) is 5.13 Å². The van der Waals surface area contributed by atoms with Crippen LogP contribution in [0.1, 0.15) is 57.5 Å². The van der Waals surface area contributed by atoms with E-state index in [9.17, 15) is 0 Å². The lowest BCUT2D eigenvalue weighted by atomic mass is 10.1. The van der Waals surface area contributed by atoms with Crippen LogP contribution < -0.4 is 10.2 Å². The molecule has 1 heterocycles. The van der Waals surface area contributed by atoms with Crippen molar-refractivity contribution in [2.75, 3.05) is 24.0 Å². The fraction of sp³-hybridized carbons (Fsp3) is 0.812. The summed E-state index contributed by atoms with van der Waals surface area (Å²) >= 11 is 3.76. The van der Waals surface area contributed by atoms with Crippen LogP contribution in [0.15, 0.2) is 0 Å². The smallest absolute Gasteiger partial charge is 0.185 e. The second-order valence-corrected chi connectivity index (χ2v) is 8.28. The van der Waals surface area contributed by atoms with Crippen molar-refractivity contribution in [2.45, 2.75) is 65.6 Å². The van der Waals surface area contributed by atoms with E-state index in [0.717, 1.165) is 11.7 Å². The lowest BCUT2D eigenvalue weighted by molar-refractivity contribution is 0.588. The molecule has 0 aliphatic carbocycles. The molecule has 0 aliphatic rings. The Morgan fingerprint density at radius 3 is 2.43 bits per heavy atom. The minimum Gasteiger partial charge on any atom is -0.348 e. The number of thiazole rings is 1. The largest absolute Gasteiger partial charge is 0.348 e. The van der Waals surface area contributed by atoms with Gasteiger partial charge in [0.25, 0.3) is 0 Å². The summed E-state index contributed by atoms with van der Waals surface area (Å²) in [6.07, 6.45) is 3.37. The van der Waals surface area contributed by atoms with Gasteiger partial charge < -0.3 is 10.2 Å². The quantitative estimate of drug-likeness (QED) is 0.729. The summed E-state index contributed by atoms with van der Waals surface area (Å²) in [6, 6.07) is 1.04. The molecule has 0 saturated carbocycles. The maximum absolute atomic E-state index is 4.91. The van der Waals surface area contributed by atoms with Gasteiger partial charge in [-0.3, -0.25) is 0 Å². The molecule has 0 aliphatic heterocycles. The van der Waals surface area contributed by atoms with E-state index in [1.54, 1.807) is 0 Å². The molecule has 3 nitrogen and oxygen atoms in total. The zero-order valence-corrected chi connectivity index (χ0v) is 16.2. The van der Waals surface area contributed by atoms with E-state index in [1.165, 1.54) is 22.7 Å². The van der Waals surface area contributed by atoms with E-state index in [4.69, 9.17) is 4.98 Å². The van der Waals surface area contributed by atoms with E-state index >= 15 is 0 Å². The molecule has 0 amide bonds. The summed E-state index contributed by atoms with van der Waals surface area (Å²) in [6.45, 7) is 12.1. The molecular formula is C16H31N3S2. The highest BCUT2D eigenvalue weighted by Gasteiger charge is 2.19. The Bertz CT molecular complexity index is 416. The van der Waals surface area contributed by atoms with Gasteiger partial charge in [0.2, 0.25) is 0 Å². The number of aromatic nitrogens is 1. The number of rotatable bonds is 9. The van der Waals surface area contributed by atoms with Crippen molar-refractivity contribution >= 4 is 28.2 Å². The Morgan fingerprint density at radius 1 is 1.24 bits per heavy atom. The zero-order chi connectivity index (χ0) is 16.0. The minimum atomic E-state index is 0.480. The van der Waals surface area contributed by atoms with E-state index in [2.05, 4.69) is 58.1 Å². The normalized spacial score (nSPS) is 13.2. The molecule has 5 heteroatoms. The molecule has 1 unspecified atom stereocenters. The van der Waals surface area contributed by atoms with Crippen LogP contribution in [0.5, 0.6) is 0 Å². The van der Waals surface area contributed by atoms with Crippen molar-refractivity contribution in [1.29, 1.82) is 0 Å². The van der Waals surface area contributed by atoms with Crippen LogP contribution in [-0.4, -0.2) is 36.1 Å². The standard InChI is InChI=1S/C16H31N3S2/c1-11(2)15-14(10-17-12(3)4)21-16(18-15)19(6)13(5)8-9-20-7/h11-13,17H,8-10H2,1-7H3. The molecule has 0 radical (unpaired) electrons. The molecule has 0 fully saturated rings. The first-order valence-corrected chi connectivity index (χ1v) is 10.0. The van der Waals surface area contributed by atoms with Crippen molar-refractivity contribution < 1.29 is 0 Å². The first-order valence-electron chi connectivity index (χ1n) is 7.81. The fourth-order valence-corrected chi connectivity index (χ4v) is 3.85. The van der Waals surface area contributed by atoms with Gasteiger partial charge in [-0.15, -0.1) is 11.3 Å². The Hall–Kier alpha value is -0.260. The van der Waals surface area contributed by atoms with Gasteiger partial charge in [-0.2, -0.15) is 11.8 Å². The molecule has 0 saturated heterocycles. The molecule has 1 N–H and O–H groups in total. The molecule has 21 heavy (non-hydrogen) atoms. The second kappa shape index (κ2) is 9.01. The average Bonchev–Trinajstić information content (AvgIpc) is 2.85. The van der Waals surface area contributed by atoms with E-state index in [0.29, 0.717) is 18.0 Å². The highest BCUT2D eigenvalue weighted by Crippen LogP contribution is 2.31. The molecule has 1 aromatic rings. The maximum Gasteiger partial charge on any atom is 0.185 e. The van der Waals surface area contributed by atoms with Gasteiger partial charge in [-0.1, -0.05) is 27.7 Å². The lowest BCUT2D eigenvalue weighted by Gasteiger charge is -2.24. The van der Waals surface area contributed by atoms with Gasteiger partial charge in [-0.05, 0) is 31.3 Å². The van der Waals surface area contributed by atoms with Crippen LogP contribution >= 0.6 is 23.1 Å². The van der Waals surface area contributed by atoms with Gasteiger partial charge >= 0.3 is 0 Å². The van der Waals surface area contributed by atoms with Crippen molar-refractivity contribution in [2.24, 2.45) is 0 Å². The topological polar surface area (TPSA) is 28.2 Å². The Balaban J connectivity index is 2.85. The maximum atomic E-state index is 4.91. The minimum absolute atomic E-state index is 0.480. The van der Waals surface area contributed by atoms with Gasteiger partial charge in [0.1, 0.15) is 0 Å². The third kappa shape index (κ3) is 5.80.